The Balaban J connectivity index is 3.22. The van der Waals surface area contributed by atoms with E-state index in [9.17, 15) is 9.70 Å². The summed E-state index contributed by atoms with van der Waals surface area (Å²) in [6.45, 7) is 3.24. The van der Waals surface area contributed by atoms with Crippen molar-refractivity contribution in [1.82, 2.24) is 0 Å². The van der Waals surface area contributed by atoms with Gasteiger partial charge in [0.25, 0.3) is 0 Å². The molecule has 0 aliphatic carbocycles. The SMILES string of the molecule is C/C(=C\c1cccc(N=O)c1C)C(=O)O. The van der Waals surface area contributed by atoms with E-state index in [4.69, 9.17) is 5.11 Å². The topological polar surface area (TPSA) is 66.7 Å². The molecular formula is C11H11NO3. The molecule has 15 heavy (non-hydrogen) atoms. The fraction of sp³-hybridized carbons (Fsp3) is 0.182. The third-order valence-electron chi connectivity index (χ3n) is 2.15. The molecule has 0 spiro atoms. The summed E-state index contributed by atoms with van der Waals surface area (Å²) >= 11 is 0. The van der Waals surface area contributed by atoms with E-state index in [0.717, 1.165) is 0 Å². The zero-order chi connectivity index (χ0) is 11.4. The van der Waals surface area contributed by atoms with Crippen LogP contribution in [0.2, 0.25) is 0 Å². The predicted octanol–water partition coefficient (Wildman–Crippen LogP) is 2.88. The molecule has 0 atom stereocenters. The van der Waals surface area contributed by atoms with E-state index < -0.39 is 5.97 Å². The summed E-state index contributed by atoms with van der Waals surface area (Å²) in [5.74, 6) is -0.973. The molecule has 1 aromatic carbocycles. The molecule has 0 heterocycles. The van der Waals surface area contributed by atoms with Crippen molar-refractivity contribution >= 4 is 17.7 Å². The molecule has 1 N–H and O–H groups in total. The summed E-state index contributed by atoms with van der Waals surface area (Å²) in [6.07, 6.45) is 1.52. The Hall–Kier alpha value is -1.97. The first-order valence-electron chi connectivity index (χ1n) is 4.41. The van der Waals surface area contributed by atoms with Gasteiger partial charge in [-0.15, -0.1) is 4.91 Å². The van der Waals surface area contributed by atoms with Crippen LogP contribution in [-0.4, -0.2) is 11.1 Å². The summed E-state index contributed by atoms with van der Waals surface area (Å²) in [4.78, 5) is 21.0. The van der Waals surface area contributed by atoms with E-state index in [-0.39, 0.29) is 5.57 Å². The minimum absolute atomic E-state index is 0.223. The first kappa shape index (κ1) is 11.1. The van der Waals surface area contributed by atoms with Crippen LogP contribution in [0.5, 0.6) is 0 Å². The smallest absolute Gasteiger partial charge is 0.331 e. The number of carboxylic acid groups (broad SMARTS) is 1. The lowest BCUT2D eigenvalue weighted by molar-refractivity contribution is -0.132. The average molecular weight is 205 g/mol. The second-order valence-corrected chi connectivity index (χ2v) is 3.22. The number of hydrogen-bond acceptors (Lipinski definition) is 3. The Morgan fingerprint density at radius 3 is 2.67 bits per heavy atom. The van der Waals surface area contributed by atoms with Crippen molar-refractivity contribution in [3.05, 3.63) is 39.8 Å². The zero-order valence-corrected chi connectivity index (χ0v) is 8.52. The quantitative estimate of drug-likeness (QED) is 0.609. The molecule has 0 saturated heterocycles. The summed E-state index contributed by atoms with van der Waals surface area (Å²) in [5, 5.41) is 11.6. The number of aliphatic carboxylic acids is 1. The summed E-state index contributed by atoms with van der Waals surface area (Å²) in [5.41, 5.74) is 1.95. The molecule has 0 unspecified atom stereocenters. The van der Waals surface area contributed by atoms with Crippen LogP contribution in [-0.2, 0) is 4.79 Å². The highest BCUT2D eigenvalue weighted by atomic mass is 16.4. The van der Waals surface area contributed by atoms with Crippen LogP contribution in [0.15, 0.2) is 28.9 Å². The first-order chi connectivity index (χ1) is 7.06. The third kappa shape index (κ3) is 2.49. The van der Waals surface area contributed by atoms with Crippen LogP contribution >= 0.6 is 0 Å². The fourth-order valence-corrected chi connectivity index (χ4v) is 1.19. The fourth-order valence-electron chi connectivity index (χ4n) is 1.19. The predicted molar refractivity (Wildman–Crippen MR) is 57.9 cm³/mol. The molecule has 0 aliphatic rings. The van der Waals surface area contributed by atoms with Crippen LogP contribution in [0, 0.1) is 11.8 Å². The van der Waals surface area contributed by atoms with Crippen molar-refractivity contribution in [3.8, 4) is 0 Å². The lowest BCUT2D eigenvalue weighted by Crippen LogP contribution is -1.96. The van der Waals surface area contributed by atoms with E-state index in [1.165, 1.54) is 13.0 Å². The summed E-state index contributed by atoms with van der Waals surface area (Å²) < 4.78 is 0. The van der Waals surface area contributed by atoms with Crippen molar-refractivity contribution in [2.75, 3.05) is 0 Å². The Kier molecular flexibility index (Phi) is 3.33. The van der Waals surface area contributed by atoms with Crippen LogP contribution < -0.4 is 0 Å². The van der Waals surface area contributed by atoms with Crippen molar-refractivity contribution in [2.24, 2.45) is 5.18 Å². The summed E-state index contributed by atoms with van der Waals surface area (Å²) in [6, 6.07) is 5.01. The number of hydrogen-bond donors (Lipinski definition) is 1. The number of nitrogens with zero attached hydrogens (tertiary/aromatic N) is 1. The Morgan fingerprint density at radius 1 is 1.47 bits per heavy atom. The molecule has 0 aromatic heterocycles. The molecule has 0 amide bonds. The minimum atomic E-state index is -0.973. The van der Waals surface area contributed by atoms with Gasteiger partial charge in [-0.25, -0.2) is 4.79 Å². The second kappa shape index (κ2) is 4.50. The molecule has 4 nitrogen and oxygen atoms in total. The molecular weight excluding hydrogens is 194 g/mol. The summed E-state index contributed by atoms with van der Waals surface area (Å²) in [7, 11) is 0. The minimum Gasteiger partial charge on any atom is -0.478 e. The lowest BCUT2D eigenvalue weighted by atomic mass is 10.0. The van der Waals surface area contributed by atoms with Gasteiger partial charge in [0.05, 0.1) is 0 Å². The lowest BCUT2D eigenvalue weighted by Gasteiger charge is -2.02. The van der Waals surface area contributed by atoms with E-state index in [2.05, 4.69) is 5.18 Å². The standard InChI is InChI=1S/C11H11NO3/c1-7(11(13)14)6-9-4-3-5-10(12-15)8(9)2/h3-6H,1-2H3,(H,13,14)/b7-6+. The van der Waals surface area contributed by atoms with Crippen molar-refractivity contribution in [3.63, 3.8) is 0 Å². The van der Waals surface area contributed by atoms with Crippen LogP contribution in [0.4, 0.5) is 5.69 Å². The maximum atomic E-state index is 10.6. The second-order valence-electron chi connectivity index (χ2n) is 3.22. The Bertz CT molecular complexity index is 435. The number of benzene rings is 1. The zero-order valence-electron chi connectivity index (χ0n) is 8.52. The van der Waals surface area contributed by atoms with Gasteiger partial charge in [0.2, 0.25) is 0 Å². The molecule has 78 valence electrons. The Labute approximate surface area is 87.2 Å². The third-order valence-corrected chi connectivity index (χ3v) is 2.15. The maximum Gasteiger partial charge on any atom is 0.331 e. The largest absolute Gasteiger partial charge is 0.478 e. The van der Waals surface area contributed by atoms with Gasteiger partial charge >= 0.3 is 5.97 Å². The first-order valence-corrected chi connectivity index (χ1v) is 4.41. The molecule has 1 aromatic rings. The van der Waals surface area contributed by atoms with Gasteiger partial charge in [-0.1, -0.05) is 12.1 Å². The molecule has 0 bridgehead atoms. The van der Waals surface area contributed by atoms with Gasteiger partial charge in [-0.05, 0) is 42.3 Å². The van der Waals surface area contributed by atoms with Crippen molar-refractivity contribution < 1.29 is 9.90 Å². The highest BCUT2D eigenvalue weighted by Gasteiger charge is 2.04. The van der Waals surface area contributed by atoms with Crippen molar-refractivity contribution in [2.45, 2.75) is 13.8 Å². The maximum absolute atomic E-state index is 10.6. The molecule has 0 fully saturated rings. The van der Waals surface area contributed by atoms with Crippen molar-refractivity contribution in [1.29, 1.82) is 0 Å². The monoisotopic (exact) mass is 205 g/mol. The molecule has 0 saturated carbocycles. The van der Waals surface area contributed by atoms with E-state index >= 15 is 0 Å². The van der Waals surface area contributed by atoms with Gasteiger partial charge in [0.15, 0.2) is 0 Å². The average Bonchev–Trinajstić information content (AvgIpc) is 2.21. The van der Waals surface area contributed by atoms with Gasteiger partial charge in [0, 0.05) is 5.57 Å². The number of rotatable bonds is 3. The molecule has 0 aliphatic heterocycles. The number of carboxylic acids is 1. The number of nitroso groups, excluding NO2 is 1. The number of carbonyl (C=O) groups is 1. The Morgan fingerprint density at radius 2 is 2.13 bits per heavy atom. The van der Waals surface area contributed by atoms with Gasteiger partial charge in [0.1, 0.15) is 5.69 Å². The molecule has 1 rings (SSSR count). The van der Waals surface area contributed by atoms with Gasteiger partial charge < -0.3 is 5.11 Å². The molecule has 0 radical (unpaired) electrons. The van der Waals surface area contributed by atoms with Gasteiger partial charge in [-0.2, -0.15) is 0 Å². The van der Waals surface area contributed by atoms with E-state index in [1.807, 2.05) is 0 Å². The normalized spacial score (nSPS) is 11.2. The van der Waals surface area contributed by atoms with Crippen LogP contribution in [0.3, 0.4) is 0 Å². The van der Waals surface area contributed by atoms with Crippen LogP contribution in [0.25, 0.3) is 6.08 Å². The highest BCUT2D eigenvalue weighted by Crippen LogP contribution is 2.23. The van der Waals surface area contributed by atoms with E-state index in [0.29, 0.717) is 16.8 Å². The van der Waals surface area contributed by atoms with E-state index in [1.54, 1.807) is 25.1 Å². The highest BCUT2D eigenvalue weighted by molar-refractivity contribution is 5.91. The molecule has 4 heteroatoms. The van der Waals surface area contributed by atoms with Gasteiger partial charge in [-0.3, -0.25) is 0 Å². The van der Waals surface area contributed by atoms with Crippen LogP contribution in [0.1, 0.15) is 18.1 Å².